The molecule has 3 rings (SSSR count). The van der Waals surface area contributed by atoms with Crippen molar-refractivity contribution in [2.24, 2.45) is 0 Å². The summed E-state index contributed by atoms with van der Waals surface area (Å²) in [5.74, 6) is 0.332. The SMILES string of the molecule is CCn1nnc(-c2ccc(N)c(C)n2)c1N(C(=O)O)C(C)c1ccccc1Cl. The molecule has 0 saturated heterocycles. The van der Waals surface area contributed by atoms with Gasteiger partial charge in [0.2, 0.25) is 0 Å². The number of hydrogen-bond donors (Lipinski definition) is 2. The zero-order chi connectivity index (χ0) is 20.4. The van der Waals surface area contributed by atoms with Gasteiger partial charge in [0, 0.05) is 11.6 Å². The quantitative estimate of drug-likeness (QED) is 0.665. The maximum Gasteiger partial charge on any atom is 0.413 e. The third kappa shape index (κ3) is 3.50. The van der Waals surface area contributed by atoms with E-state index in [1.54, 1.807) is 44.2 Å². The van der Waals surface area contributed by atoms with Crippen LogP contribution in [0.3, 0.4) is 0 Å². The maximum absolute atomic E-state index is 12.3. The molecule has 0 aliphatic carbocycles. The van der Waals surface area contributed by atoms with Crippen LogP contribution in [0, 0.1) is 6.92 Å². The van der Waals surface area contributed by atoms with Crippen molar-refractivity contribution in [3.05, 3.63) is 52.7 Å². The first-order chi connectivity index (χ1) is 13.3. The number of carbonyl (C=O) groups is 1. The summed E-state index contributed by atoms with van der Waals surface area (Å²) >= 11 is 6.31. The lowest BCUT2D eigenvalue weighted by atomic mass is 10.1. The van der Waals surface area contributed by atoms with Gasteiger partial charge in [-0.2, -0.15) is 0 Å². The maximum atomic E-state index is 12.3. The molecule has 1 amide bonds. The Labute approximate surface area is 167 Å². The molecule has 0 aliphatic heterocycles. The van der Waals surface area contributed by atoms with Crippen molar-refractivity contribution in [3.8, 4) is 11.4 Å². The van der Waals surface area contributed by atoms with E-state index in [-0.39, 0.29) is 0 Å². The number of amides is 1. The van der Waals surface area contributed by atoms with Gasteiger partial charge in [-0.1, -0.05) is 35.0 Å². The van der Waals surface area contributed by atoms with Crippen LogP contribution < -0.4 is 10.6 Å². The molecule has 0 saturated carbocycles. The Kier molecular flexibility index (Phi) is 5.51. The molecule has 9 heteroatoms. The van der Waals surface area contributed by atoms with Crippen LogP contribution >= 0.6 is 11.6 Å². The number of rotatable bonds is 5. The molecule has 2 heterocycles. The highest BCUT2D eigenvalue weighted by Crippen LogP contribution is 2.36. The van der Waals surface area contributed by atoms with Crippen molar-refractivity contribution in [2.75, 3.05) is 10.6 Å². The highest BCUT2D eigenvalue weighted by molar-refractivity contribution is 6.31. The molecule has 0 fully saturated rings. The van der Waals surface area contributed by atoms with Crippen LogP contribution in [0.1, 0.15) is 31.1 Å². The monoisotopic (exact) mass is 400 g/mol. The van der Waals surface area contributed by atoms with Crippen LogP contribution in [-0.4, -0.2) is 31.2 Å². The van der Waals surface area contributed by atoms with Gasteiger partial charge in [-0.15, -0.1) is 5.10 Å². The minimum absolute atomic E-state index is 0.332. The summed E-state index contributed by atoms with van der Waals surface area (Å²) in [6.07, 6.45) is -1.14. The first-order valence-electron chi connectivity index (χ1n) is 8.78. The predicted molar refractivity (Wildman–Crippen MR) is 108 cm³/mol. The van der Waals surface area contributed by atoms with Gasteiger partial charge in [-0.3, -0.25) is 4.90 Å². The lowest BCUT2D eigenvalue weighted by molar-refractivity contribution is 0.199. The summed E-state index contributed by atoms with van der Waals surface area (Å²) in [4.78, 5) is 17.9. The Balaban J connectivity index is 2.18. The van der Waals surface area contributed by atoms with Gasteiger partial charge < -0.3 is 10.8 Å². The van der Waals surface area contributed by atoms with Gasteiger partial charge in [-0.25, -0.2) is 14.5 Å². The predicted octanol–water partition coefficient (Wildman–Crippen LogP) is 4.15. The minimum Gasteiger partial charge on any atom is -0.465 e. The molecule has 28 heavy (non-hydrogen) atoms. The summed E-state index contributed by atoms with van der Waals surface area (Å²) in [7, 11) is 0. The average Bonchev–Trinajstić information content (AvgIpc) is 3.07. The molecule has 0 bridgehead atoms. The summed E-state index contributed by atoms with van der Waals surface area (Å²) in [5.41, 5.74) is 8.59. The van der Waals surface area contributed by atoms with E-state index in [0.29, 0.717) is 45.7 Å². The number of carboxylic acid groups (broad SMARTS) is 1. The topological polar surface area (TPSA) is 110 Å². The molecule has 146 valence electrons. The number of pyridine rings is 1. The smallest absolute Gasteiger partial charge is 0.413 e. The number of benzene rings is 1. The molecule has 8 nitrogen and oxygen atoms in total. The molecular weight excluding hydrogens is 380 g/mol. The van der Waals surface area contributed by atoms with E-state index in [1.807, 2.05) is 13.0 Å². The number of aromatic nitrogens is 4. The second-order valence-corrected chi connectivity index (χ2v) is 6.71. The summed E-state index contributed by atoms with van der Waals surface area (Å²) in [6, 6.07) is 10.0. The fraction of sp³-hybridized carbons (Fsp3) is 0.263. The molecule has 2 aromatic heterocycles. The van der Waals surface area contributed by atoms with Crippen molar-refractivity contribution < 1.29 is 9.90 Å². The highest BCUT2D eigenvalue weighted by atomic mass is 35.5. The normalized spacial score (nSPS) is 12.0. The molecule has 0 aliphatic rings. The van der Waals surface area contributed by atoms with Crippen LogP contribution in [0.25, 0.3) is 11.4 Å². The van der Waals surface area contributed by atoms with E-state index in [2.05, 4.69) is 15.3 Å². The fourth-order valence-corrected chi connectivity index (χ4v) is 3.32. The van der Waals surface area contributed by atoms with E-state index in [1.165, 1.54) is 9.58 Å². The fourth-order valence-electron chi connectivity index (χ4n) is 3.02. The van der Waals surface area contributed by atoms with Crippen LogP contribution in [0.15, 0.2) is 36.4 Å². The minimum atomic E-state index is -1.14. The highest BCUT2D eigenvalue weighted by Gasteiger charge is 2.31. The van der Waals surface area contributed by atoms with E-state index < -0.39 is 12.1 Å². The Hall–Kier alpha value is -3.13. The van der Waals surface area contributed by atoms with Gasteiger partial charge >= 0.3 is 6.09 Å². The number of hydrogen-bond acceptors (Lipinski definition) is 5. The Morgan fingerprint density at radius 3 is 2.64 bits per heavy atom. The van der Waals surface area contributed by atoms with Gasteiger partial charge in [0.1, 0.15) is 0 Å². The summed E-state index contributed by atoms with van der Waals surface area (Å²) in [5, 5.41) is 18.8. The van der Waals surface area contributed by atoms with Gasteiger partial charge in [-0.05, 0) is 44.5 Å². The standard InChI is InChI=1S/C19H21ClN6O2/c1-4-25-18(17(23-24-25)16-10-9-15(21)11(2)22-16)26(19(27)28)12(3)13-7-5-6-8-14(13)20/h5-10,12H,4,21H2,1-3H3,(H,27,28). The second kappa shape index (κ2) is 7.85. The van der Waals surface area contributed by atoms with Gasteiger partial charge in [0.25, 0.3) is 0 Å². The second-order valence-electron chi connectivity index (χ2n) is 6.30. The van der Waals surface area contributed by atoms with Crippen LogP contribution in [0.5, 0.6) is 0 Å². The number of nitrogens with two attached hydrogens (primary N) is 1. The number of anilines is 2. The van der Waals surface area contributed by atoms with E-state index in [0.717, 1.165) is 0 Å². The van der Waals surface area contributed by atoms with Gasteiger partial charge in [0.05, 0.1) is 23.1 Å². The number of nitrogen functional groups attached to an aromatic ring is 1. The Bertz CT molecular complexity index is 1020. The molecule has 1 aromatic carbocycles. The van der Waals surface area contributed by atoms with E-state index in [4.69, 9.17) is 17.3 Å². The third-order valence-electron chi connectivity index (χ3n) is 4.55. The molecule has 3 aromatic rings. The van der Waals surface area contributed by atoms with Crippen molar-refractivity contribution in [3.63, 3.8) is 0 Å². The van der Waals surface area contributed by atoms with E-state index in [9.17, 15) is 9.90 Å². The third-order valence-corrected chi connectivity index (χ3v) is 4.90. The van der Waals surface area contributed by atoms with Crippen molar-refractivity contribution in [1.29, 1.82) is 0 Å². The Morgan fingerprint density at radius 1 is 1.32 bits per heavy atom. The molecular formula is C19H21ClN6O2. The van der Waals surface area contributed by atoms with Gasteiger partial charge in [0.15, 0.2) is 11.5 Å². The molecule has 1 atom stereocenters. The Morgan fingerprint density at radius 2 is 2.04 bits per heavy atom. The molecule has 0 spiro atoms. The lowest BCUT2D eigenvalue weighted by Crippen LogP contribution is -2.34. The van der Waals surface area contributed by atoms with Crippen LogP contribution in [0.2, 0.25) is 5.02 Å². The first-order valence-corrected chi connectivity index (χ1v) is 9.16. The average molecular weight is 401 g/mol. The van der Waals surface area contributed by atoms with Crippen molar-refractivity contribution >= 4 is 29.2 Å². The molecule has 1 unspecified atom stereocenters. The summed E-state index contributed by atoms with van der Waals surface area (Å²) < 4.78 is 1.53. The van der Waals surface area contributed by atoms with Crippen molar-refractivity contribution in [1.82, 2.24) is 20.0 Å². The van der Waals surface area contributed by atoms with Crippen molar-refractivity contribution in [2.45, 2.75) is 33.4 Å². The molecule has 0 radical (unpaired) electrons. The number of aryl methyl sites for hydroxylation is 2. The molecule has 3 N–H and O–H groups in total. The summed E-state index contributed by atoms with van der Waals surface area (Å²) in [6.45, 7) is 5.86. The van der Waals surface area contributed by atoms with E-state index >= 15 is 0 Å². The zero-order valence-corrected chi connectivity index (χ0v) is 16.6. The largest absolute Gasteiger partial charge is 0.465 e. The number of halogens is 1. The lowest BCUT2D eigenvalue weighted by Gasteiger charge is -2.28. The van der Waals surface area contributed by atoms with Crippen LogP contribution in [0.4, 0.5) is 16.3 Å². The van der Waals surface area contributed by atoms with Crippen LogP contribution in [-0.2, 0) is 6.54 Å². The number of nitrogens with zero attached hydrogens (tertiary/aromatic N) is 5. The zero-order valence-electron chi connectivity index (χ0n) is 15.8. The first kappa shape index (κ1) is 19.6.